The van der Waals surface area contributed by atoms with Crippen LogP contribution in [0.1, 0.15) is 47.6 Å². The van der Waals surface area contributed by atoms with Crippen LogP contribution in [0.25, 0.3) is 0 Å². The number of aliphatic hydroxyl groups excluding tert-OH is 2. The smallest absolute Gasteiger partial charge is 0.0228 e. The Morgan fingerprint density at radius 3 is 1.88 bits per heavy atom. The summed E-state index contributed by atoms with van der Waals surface area (Å²) in [6.45, 7) is 4.83. The van der Waals surface area contributed by atoms with Crippen LogP contribution in [0, 0.1) is 0 Å². The molecule has 2 aliphatic heterocycles. The molecular weight excluding hydrogens is 1010 g/mol. The molecule has 6 atom stereocenters. The average molecular weight is 1050 g/mol. The van der Waals surface area contributed by atoms with Crippen molar-refractivity contribution in [3.8, 4) is 0 Å². The number of hydrogen-bond donors (Lipinski definition) is 2. The number of aliphatic hydroxyl groups is 2. The van der Waals surface area contributed by atoms with Crippen LogP contribution in [0.15, 0.2) is 0 Å². The van der Waals surface area contributed by atoms with Crippen molar-refractivity contribution >= 4 is 86.4 Å². The number of ether oxygens (including phenoxy) is 6. The van der Waals surface area contributed by atoms with Crippen molar-refractivity contribution in [1.82, 2.24) is 0 Å². The molecule has 0 aromatic heterocycles. The molecule has 0 amide bonds. The summed E-state index contributed by atoms with van der Waals surface area (Å²) in [5.74, 6) is -0.788. The molecular formula is C18H42I5O10-. The molecule has 2 heterocycles. The Morgan fingerprint density at radius 2 is 1.55 bits per heavy atom. The van der Waals surface area contributed by atoms with Gasteiger partial charge in [-0.25, -0.2) is 0 Å². The maximum absolute atomic E-state index is 10.9. The number of methoxy groups -OCH3 is 2. The summed E-state index contributed by atoms with van der Waals surface area (Å²) >= 11 is 9.54. The number of carbonyl (C=O) groups excluding carboxylic acids is 2. The molecule has 4 unspecified atom stereocenters. The van der Waals surface area contributed by atoms with Crippen molar-refractivity contribution in [2.24, 2.45) is 0 Å². The zero-order chi connectivity index (χ0) is 27.1. The molecule has 2 N–H and O–H groups in total. The number of carbonyl (C=O) groups is 2. The Morgan fingerprint density at radius 1 is 1.09 bits per heavy atom. The van der Waals surface area contributed by atoms with E-state index in [9.17, 15) is 9.59 Å². The van der Waals surface area contributed by atoms with Gasteiger partial charge < -0.3 is 38.6 Å². The van der Waals surface area contributed by atoms with Crippen LogP contribution in [0.5, 0.6) is 0 Å². The first-order chi connectivity index (χ1) is 16.1. The molecule has 10 nitrogen and oxygen atoms in total. The van der Waals surface area contributed by atoms with Crippen molar-refractivity contribution in [1.29, 1.82) is 0 Å². The predicted octanol–water partition coefficient (Wildman–Crippen LogP) is 1.90. The molecule has 0 radical (unpaired) electrons. The largest absolute Gasteiger partial charge is 0.0683 e. The van der Waals surface area contributed by atoms with Crippen LogP contribution in [0.2, 0.25) is 0 Å². The van der Waals surface area contributed by atoms with Crippen molar-refractivity contribution in [2.75, 3.05) is 27.4 Å². The fourth-order valence-corrected chi connectivity index (χ4v) is 2.52. The molecule has 2 rings (SSSR count). The standard InChI is InChI=1S/C10H16O6.C6H12O4.C2H6.I3.I2.4H2/c1-6(11)14-5-9-8(15-7(2)12)4-10(13-3)16-9;1-9-6-2-4(8)5(3-7)10-6;1-2;1-3-2;1-2;;;;/h8-10H,4-5H2,1-3H3;4-8H,2-3H2,1H3;1-2H3;;;4*1H/q;;;-1;;;;;/t8?,9-,10?;4?,5-,6?;;;;;;;/m11......./s1/i;;1D;;;;;;. The second-order valence-corrected chi connectivity index (χ2v) is 22.2. The Bertz CT molecular complexity index is 511. The van der Waals surface area contributed by atoms with Crippen LogP contribution in [-0.2, 0) is 38.0 Å². The van der Waals surface area contributed by atoms with Gasteiger partial charge in [-0.15, -0.1) is 0 Å². The summed E-state index contributed by atoms with van der Waals surface area (Å²) in [5, 5.41) is 17.7. The Labute approximate surface area is 256 Å². The third kappa shape index (κ3) is 21.0. The van der Waals surface area contributed by atoms with Crippen molar-refractivity contribution in [3.63, 3.8) is 0 Å². The predicted molar refractivity (Wildman–Crippen MR) is 162 cm³/mol. The Hall–Kier alpha value is 2.35. The second-order valence-electron chi connectivity index (χ2n) is 5.91. The normalized spacial score (nSPS) is 27.7. The van der Waals surface area contributed by atoms with Crippen LogP contribution in [-0.4, -0.2) is 86.6 Å². The minimum absolute atomic E-state index is 0. The molecule has 2 aliphatic rings. The molecule has 33 heavy (non-hydrogen) atoms. The summed E-state index contributed by atoms with van der Waals surface area (Å²) in [5.41, 5.74) is 0. The molecule has 2 fully saturated rings. The van der Waals surface area contributed by atoms with Gasteiger partial charge in [0.25, 0.3) is 0 Å². The van der Waals surface area contributed by atoms with E-state index in [0.717, 1.165) is 0 Å². The maximum Gasteiger partial charge on any atom is 0.0228 e. The minimum atomic E-state index is -0.588. The molecule has 0 spiro atoms. The van der Waals surface area contributed by atoms with Gasteiger partial charge in [0, 0.05) is 85.2 Å². The molecule has 0 saturated carbocycles. The first-order valence-electron chi connectivity index (χ1n) is 10.1. The van der Waals surface area contributed by atoms with Crippen LogP contribution >= 0.6 is 74.5 Å². The van der Waals surface area contributed by atoms with Crippen LogP contribution < -0.4 is 13.3 Å². The maximum atomic E-state index is 10.9. The van der Waals surface area contributed by atoms with Gasteiger partial charge in [-0.2, -0.15) is 0 Å². The van der Waals surface area contributed by atoms with Crippen molar-refractivity contribution in [3.05, 3.63) is 0 Å². The molecule has 0 bridgehead atoms. The third-order valence-electron chi connectivity index (χ3n) is 3.83. The van der Waals surface area contributed by atoms with E-state index in [1.165, 1.54) is 28.1 Å². The number of esters is 2. The fourth-order valence-electron chi connectivity index (χ4n) is 2.52. The molecule has 210 valence electrons. The van der Waals surface area contributed by atoms with E-state index in [0.29, 0.717) is 33.0 Å². The van der Waals surface area contributed by atoms with E-state index in [2.05, 4.69) is 74.5 Å². The van der Waals surface area contributed by atoms with Gasteiger partial charge in [-0.1, -0.05) is 13.8 Å². The first-order valence-corrected chi connectivity index (χ1v) is 28.3. The molecule has 0 aromatic carbocycles. The number of hydrogen-bond acceptors (Lipinski definition) is 10. The van der Waals surface area contributed by atoms with E-state index >= 15 is 0 Å². The molecule has 0 aliphatic carbocycles. The molecule has 2 saturated heterocycles. The van der Waals surface area contributed by atoms with Crippen molar-refractivity contribution in [2.45, 2.75) is 77.5 Å². The number of rotatable bonds is 6. The van der Waals surface area contributed by atoms with E-state index in [4.69, 9.17) is 40.0 Å². The van der Waals surface area contributed by atoms with Crippen LogP contribution in [0.4, 0.5) is 0 Å². The van der Waals surface area contributed by atoms with E-state index in [1.807, 2.05) is 0 Å². The number of halogens is 5. The molecule has 15 heteroatoms. The second kappa shape index (κ2) is 27.4. The third-order valence-corrected chi connectivity index (χ3v) is 3.83. The topological polar surface area (TPSA) is 130 Å². The summed E-state index contributed by atoms with van der Waals surface area (Å²) in [7, 11) is 3.01. The van der Waals surface area contributed by atoms with E-state index in [1.54, 1.807) is 6.92 Å². The minimum Gasteiger partial charge on any atom is -0.0683 e. The Balaban J connectivity index is -0.0000000760. The fraction of sp³-hybridized carbons (Fsp3) is 0.889. The summed E-state index contributed by atoms with van der Waals surface area (Å²) in [6, 6.07) is 0. The van der Waals surface area contributed by atoms with Gasteiger partial charge in [0.15, 0.2) is 12.6 Å². The SMILES string of the molecule is COC1CC(O)[C@@H](CO)O1.COC1CC(OC(C)=O)[C@@H](COC(C)=O)O1.II.I[I-]I.[2H]CC.[HH].[HH].[HH].[HH]. The van der Waals surface area contributed by atoms with Gasteiger partial charge in [-0.05, 0) is 0 Å². The summed E-state index contributed by atoms with van der Waals surface area (Å²) in [4.78, 5) is 21.5. The quantitative estimate of drug-likeness (QED) is 0.301. The first kappa shape index (κ1) is 37.5. The zero-order valence-corrected chi connectivity index (χ0v) is 29.8. The average Bonchev–Trinajstić information content (AvgIpc) is 3.36. The van der Waals surface area contributed by atoms with E-state index in [-0.39, 0.29) is 25.2 Å². The Kier molecular flexibility index (Phi) is 31.1. The van der Waals surface area contributed by atoms with Gasteiger partial charge >= 0.3 is 62.4 Å². The van der Waals surface area contributed by atoms with Gasteiger partial charge in [-0.3, -0.25) is 9.59 Å². The van der Waals surface area contributed by atoms with Gasteiger partial charge in [0.05, 0.1) is 12.7 Å². The summed E-state index contributed by atoms with van der Waals surface area (Å²) < 4.78 is 36.4. The van der Waals surface area contributed by atoms with Gasteiger partial charge in [0.2, 0.25) is 0 Å². The van der Waals surface area contributed by atoms with Gasteiger partial charge in [0.1, 0.15) is 24.9 Å². The molecule has 0 aromatic rings. The van der Waals surface area contributed by atoms with Crippen LogP contribution in [0.3, 0.4) is 0 Å². The zero-order valence-electron chi connectivity index (χ0n) is 20.0. The van der Waals surface area contributed by atoms with Crippen molar-refractivity contribution < 1.29 is 68.6 Å². The summed E-state index contributed by atoms with van der Waals surface area (Å²) in [6.07, 6.45) is -1.83. The van der Waals surface area contributed by atoms with E-state index < -0.39 is 42.6 Å². The monoisotopic (exact) mass is 1050 g/mol.